The van der Waals surface area contributed by atoms with E-state index >= 15 is 0 Å². The number of para-hydroxylation sites is 1. The molecule has 0 radical (unpaired) electrons. The van der Waals surface area contributed by atoms with Crippen LogP contribution in [-0.4, -0.2) is 36.8 Å². The molecule has 6 heteroatoms. The van der Waals surface area contributed by atoms with Gasteiger partial charge >= 0.3 is 0 Å². The van der Waals surface area contributed by atoms with Gasteiger partial charge in [-0.25, -0.2) is 13.1 Å². The first-order valence-electron chi connectivity index (χ1n) is 6.52. The fourth-order valence-corrected chi connectivity index (χ4v) is 2.65. The third kappa shape index (κ3) is 4.47. The van der Waals surface area contributed by atoms with Gasteiger partial charge in [-0.1, -0.05) is 18.2 Å². The van der Waals surface area contributed by atoms with E-state index in [9.17, 15) is 8.42 Å². The van der Waals surface area contributed by atoms with Crippen LogP contribution in [0.4, 0.5) is 0 Å². The standard InChI is InChI=1S/C14H19N3O2S/c1-20(18,19)11-5-8-15-12-13-6-2-3-7-14(13)17-10-4-9-16-17/h2-4,6-7,9-10,15H,5,8,11-12H2,1H3. The van der Waals surface area contributed by atoms with Gasteiger partial charge in [0.15, 0.2) is 0 Å². The number of hydrogen-bond donors (Lipinski definition) is 1. The van der Waals surface area contributed by atoms with E-state index in [1.807, 2.05) is 41.2 Å². The summed E-state index contributed by atoms with van der Waals surface area (Å²) in [4.78, 5) is 0. The van der Waals surface area contributed by atoms with Gasteiger partial charge < -0.3 is 5.32 Å². The van der Waals surface area contributed by atoms with Gasteiger partial charge in [-0.3, -0.25) is 0 Å². The number of rotatable bonds is 7. The highest BCUT2D eigenvalue weighted by atomic mass is 32.2. The van der Waals surface area contributed by atoms with E-state index in [-0.39, 0.29) is 5.75 Å². The van der Waals surface area contributed by atoms with Crippen molar-refractivity contribution < 1.29 is 8.42 Å². The molecule has 1 heterocycles. The van der Waals surface area contributed by atoms with Crippen molar-refractivity contribution >= 4 is 9.84 Å². The van der Waals surface area contributed by atoms with Gasteiger partial charge in [-0.15, -0.1) is 0 Å². The van der Waals surface area contributed by atoms with Crippen LogP contribution in [0, 0.1) is 0 Å². The molecule has 0 aliphatic rings. The molecule has 0 unspecified atom stereocenters. The smallest absolute Gasteiger partial charge is 0.147 e. The third-order valence-corrected chi connectivity index (χ3v) is 3.96. The minimum atomic E-state index is -2.87. The molecule has 108 valence electrons. The Morgan fingerprint density at radius 3 is 2.75 bits per heavy atom. The SMILES string of the molecule is CS(=O)(=O)CCCNCc1ccccc1-n1cccn1. The van der Waals surface area contributed by atoms with Crippen LogP contribution in [0.15, 0.2) is 42.7 Å². The van der Waals surface area contributed by atoms with E-state index in [2.05, 4.69) is 10.4 Å². The molecule has 0 aliphatic carbocycles. The van der Waals surface area contributed by atoms with E-state index in [0.717, 1.165) is 11.3 Å². The van der Waals surface area contributed by atoms with E-state index in [1.165, 1.54) is 6.26 Å². The second kappa shape index (κ2) is 6.67. The van der Waals surface area contributed by atoms with Crippen molar-refractivity contribution in [2.75, 3.05) is 18.6 Å². The Morgan fingerprint density at radius 2 is 2.05 bits per heavy atom. The molecule has 5 nitrogen and oxygen atoms in total. The second-order valence-corrected chi connectivity index (χ2v) is 7.00. The quantitative estimate of drug-likeness (QED) is 0.784. The predicted molar refractivity (Wildman–Crippen MR) is 79.6 cm³/mol. The third-order valence-electron chi connectivity index (χ3n) is 2.93. The number of benzene rings is 1. The number of sulfone groups is 1. The Balaban J connectivity index is 1.91. The summed E-state index contributed by atoms with van der Waals surface area (Å²) in [7, 11) is -2.87. The molecule has 1 N–H and O–H groups in total. The first-order chi connectivity index (χ1) is 9.56. The van der Waals surface area contributed by atoms with Crippen LogP contribution in [0.1, 0.15) is 12.0 Å². The van der Waals surface area contributed by atoms with Crippen LogP contribution in [0.2, 0.25) is 0 Å². The van der Waals surface area contributed by atoms with Crippen LogP contribution in [0.3, 0.4) is 0 Å². The van der Waals surface area contributed by atoms with Crippen molar-refractivity contribution in [3.05, 3.63) is 48.3 Å². The maximum atomic E-state index is 11.0. The molecule has 0 aliphatic heterocycles. The van der Waals surface area contributed by atoms with Crippen LogP contribution in [0.25, 0.3) is 5.69 Å². The molecular weight excluding hydrogens is 274 g/mol. The van der Waals surface area contributed by atoms with Gasteiger partial charge in [0.25, 0.3) is 0 Å². The summed E-state index contributed by atoms with van der Waals surface area (Å²) in [5.74, 6) is 0.223. The second-order valence-electron chi connectivity index (χ2n) is 4.74. The summed E-state index contributed by atoms with van der Waals surface area (Å²) in [5, 5.41) is 7.50. The Labute approximate surface area is 119 Å². The van der Waals surface area contributed by atoms with E-state index < -0.39 is 9.84 Å². The first-order valence-corrected chi connectivity index (χ1v) is 8.59. The van der Waals surface area contributed by atoms with Gasteiger partial charge in [0.1, 0.15) is 9.84 Å². The lowest BCUT2D eigenvalue weighted by molar-refractivity contribution is 0.594. The Hall–Kier alpha value is -1.66. The van der Waals surface area contributed by atoms with Crippen LogP contribution < -0.4 is 5.32 Å². The lowest BCUT2D eigenvalue weighted by atomic mass is 10.2. The van der Waals surface area contributed by atoms with Crippen molar-refractivity contribution in [1.82, 2.24) is 15.1 Å². The van der Waals surface area contributed by atoms with E-state index in [1.54, 1.807) is 6.20 Å². The van der Waals surface area contributed by atoms with Crippen LogP contribution in [0.5, 0.6) is 0 Å². The number of nitrogens with zero attached hydrogens (tertiary/aromatic N) is 2. The summed E-state index contributed by atoms with van der Waals surface area (Å²) >= 11 is 0. The summed E-state index contributed by atoms with van der Waals surface area (Å²) in [6.45, 7) is 1.38. The van der Waals surface area contributed by atoms with E-state index in [4.69, 9.17) is 0 Å². The van der Waals surface area contributed by atoms with Crippen molar-refractivity contribution in [2.24, 2.45) is 0 Å². The average molecular weight is 293 g/mol. The lowest BCUT2D eigenvalue weighted by Crippen LogP contribution is -2.19. The molecule has 0 spiro atoms. The largest absolute Gasteiger partial charge is 0.313 e. The Kier molecular flexibility index (Phi) is 4.92. The summed E-state index contributed by atoms with van der Waals surface area (Å²) in [6, 6.07) is 9.90. The van der Waals surface area contributed by atoms with Crippen molar-refractivity contribution in [1.29, 1.82) is 0 Å². The van der Waals surface area contributed by atoms with Crippen LogP contribution >= 0.6 is 0 Å². The van der Waals surface area contributed by atoms with Crippen molar-refractivity contribution in [3.63, 3.8) is 0 Å². The van der Waals surface area contributed by atoms with Gasteiger partial charge in [0, 0.05) is 25.2 Å². The number of aromatic nitrogens is 2. The van der Waals surface area contributed by atoms with Crippen molar-refractivity contribution in [3.8, 4) is 5.69 Å². The molecule has 0 amide bonds. The highest BCUT2D eigenvalue weighted by Crippen LogP contribution is 2.12. The molecule has 1 aromatic heterocycles. The molecule has 0 fully saturated rings. The Bertz CT molecular complexity index is 636. The minimum absolute atomic E-state index is 0.223. The number of hydrogen-bond acceptors (Lipinski definition) is 4. The van der Waals surface area contributed by atoms with E-state index in [0.29, 0.717) is 19.5 Å². The zero-order valence-corrected chi connectivity index (χ0v) is 12.3. The van der Waals surface area contributed by atoms with Crippen molar-refractivity contribution in [2.45, 2.75) is 13.0 Å². The zero-order chi connectivity index (χ0) is 14.4. The molecule has 2 rings (SSSR count). The van der Waals surface area contributed by atoms with Gasteiger partial charge in [0.05, 0.1) is 11.4 Å². The lowest BCUT2D eigenvalue weighted by Gasteiger charge is -2.10. The Morgan fingerprint density at radius 1 is 1.25 bits per heavy atom. The highest BCUT2D eigenvalue weighted by molar-refractivity contribution is 7.90. The molecule has 20 heavy (non-hydrogen) atoms. The maximum absolute atomic E-state index is 11.0. The topological polar surface area (TPSA) is 64.0 Å². The average Bonchev–Trinajstić information content (AvgIpc) is 2.91. The molecule has 1 aromatic carbocycles. The number of nitrogens with one attached hydrogen (secondary N) is 1. The fourth-order valence-electron chi connectivity index (χ4n) is 1.98. The molecule has 2 aromatic rings. The molecular formula is C14H19N3O2S. The zero-order valence-electron chi connectivity index (χ0n) is 11.5. The van der Waals surface area contributed by atoms with Gasteiger partial charge in [0.2, 0.25) is 0 Å². The van der Waals surface area contributed by atoms with Crippen LogP contribution in [-0.2, 0) is 16.4 Å². The maximum Gasteiger partial charge on any atom is 0.147 e. The summed E-state index contributed by atoms with van der Waals surface area (Å²) in [6.07, 6.45) is 5.54. The highest BCUT2D eigenvalue weighted by Gasteiger charge is 2.04. The molecule has 0 saturated heterocycles. The minimum Gasteiger partial charge on any atom is -0.313 e. The summed E-state index contributed by atoms with van der Waals surface area (Å²) < 4.78 is 23.9. The van der Waals surface area contributed by atoms with Gasteiger partial charge in [-0.05, 0) is 30.7 Å². The summed E-state index contributed by atoms with van der Waals surface area (Å²) in [5.41, 5.74) is 2.17. The fraction of sp³-hybridized carbons (Fsp3) is 0.357. The molecule has 0 saturated carbocycles. The predicted octanol–water partition coefficient (Wildman–Crippen LogP) is 1.40. The normalized spacial score (nSPS) is 11.7. The first kappa shape index (κ1) is 14.7. The monoisotopic (exact) mass is 293 g/mol. The molecule has 0 bridgehead atoms. The van der Waals surface area contributed by atoms with Gasteiger partial charge in [-0.2, -0.15) is 5.10 Å². The molecule has 0 atom stereocenters.